The molecule has 0 radical (unpaired) electrons. The van der Waals surface area contributed by atoms with Crippen LogP contribution in [0.3, 0.4) is 0 Å². The third-order valence-electron chi connectivity index (χ3n) is 7.37. The highest BCUT2D eigenvalue weighted by molar-refractivity contribution is 7.92. The Labute approximate surface area is 246 Å². The number of aliphatic hydroxyl groups excluding tert-OH is 1. The van der Waals surface area contributed by atoms with E-state index in [1.54, 1.807) is 72.5 Å². The summed E-state index contributed by atoms with van der Waals surface area (Å²) in [5.41, 5.74) is 2.01. The van der Waals surface area contributed by atoms with E-state index in [0.29, 0.717) is 36.6 Å². The fraction of sp³-hybridized carbons (Fsp3) is 0.355. The highest BCUT2D eigenvalue weighted by Crippen LogP contribution is 2.30. The molecular weight excluding hydrogens is 558 g/mol. The standard InChI is InChI=1S/C31H37N3O7S/c1-21-17-34(22(2)20-35)30(36)16-25-15-26(32-42(39,40)27-7-5-4-6-8-27)13-14-28(25)41-29(21)19-33(3)18-23-9-11-24(12-10-23)31(37)38/h4-15,21-22,29,32,35H,16-20H2,1-3H3,(H,37,38)/t21-,22+,29-/m0/s1. The van der Waals surface area contributed by atoms with E-state index in [0.717, 1.165) is 5.56 Å². The van der Waals surface area contributed by atoms with Crippen molar-refractivity contribution in [3.63, 3.8) is 0 Å². The lowest BCUT2D eigenvalue weighted by molar-refractivity contribution is -0.134. The average Bonchev–Trinajstić information content (AvgIpc) is 3.00. The Morgan fingerprint density at radius 1 is 1.12 bits per heavy atom. The summed E-state index contributed by atoms with van der Waals surface area (Å²) in [7, 11) is -1.90. The molecular formula is C31H37N3O7S. The number of ether oxygens (including phenoxy) is 1. The van der Waals surface area contributed by atoms with Crippen molar-refractivity contribution < 1.29 is 33.0 Å². The molecule has 0 saturated heterocycles. The van der Waals surface area contributed by atoms with Gasteiger partial charge in [-0.1, -0.05) is 37.3 Å². The Kier molecular flexibility index (Phi) is 9.87. The summed E-state index contributed by atoms with van der Waals surface area (Å²) in [5.74, 6) is -0.792. The van der Waals surface area contributed by atoms with Crippen LogP contribution in [0.5, 0.6) is 5.75 Å². The summed E-state index contributed by atoms with van der Waals surface area (Å²) >= 11 is 0. The number of rotatable bonds is 10. The normalized spacial score (nSPS) is 18.3. The van der Waals surface area contributed by atoms with E-state index >= 15 is 0 Å². The fourth-order valence-corrected chi connectivity index (χ4v) is 6.03. The highest BCUT2D eigenvalue weighted by atomic mass is 32.2. The quantitative estimate of drug-likeness (QED) is 0.324. The maximum atomic E-state index is 13.5. The van der Waals surface area contributed by atoms with Crippen LogP contribution < -0.4 is 9.46 Å². The first-order valence-electron chi connectivity index (χ1n) is 13.8. The minimum absolute atomic E-state index is 0.0220. The van der Waals surface area contributed by atoms with Gasteiger partial charge in [-0.3, -0.25) is 14.4 Å². The van der Waals surface area contributed by atoms with Gasteiger partial charge >= 0.3 is 5.97 Å². The molecule has 0 bridgehead atoms. The molecule has 0 fully saturated rings. The number of hydrogen-bond acceptors (Lipinski definition) is 7. The number of aromatic carboxylic acids is 1. The van der Waals surface area contributed by atoms with Gasteiger partial charge in [-0.2, -0.15) is 0 Å². The van der Waals surface area contributed by atoms with Gasteiger partial charge < -0.3 is 19.8 Å². The van der Waals surface area contributed by atoms with Gasteiger partial charge in [0.15, 0.2) is 0 Å². The summed E-state index contributed by atoms with van der Waals surface area (Å²) in [6.07, 6.45) is -0.371. The molecule has 3 N–H and O–H groups in total. The lowest BCUT2D eigenvalue weighted by atomic mass is 10.0. The Morgan fingerprint density at radius 3 is 2.45 bits per heavy atom. The number of benzene rings is 3. The van der Waals surface area contributed by atoms with Crippen LogP contribution in [0.15, 0.2) is 77.7 Å². The van der Waals surface area contributed by atoms with Crippen LogP contribution >= 0.6 is 0 Å². The van der Waals surface area contributed by atoms with Crippen LogP contribution in [0.4, 0.5) is 5.69 Å². The van der Waals surface area contributed by atoms with Gasteiger partial charge in [0.1, 0.15) is 11.9 Å². The summed E-state index contributed by atoms with van der Waals surface area (Å²) in [4.78, 5) is 28.5. The van der Waals surface area contributed by atoms with Gasteiger partial charge in [-0.25, -0.2) is 13.2 Å². The van der Waals surface area contributed by atoms with Crippen molar-refractivity contribution in [3.05, 3.63) is 89.5 Å². The molecule has 0 aromatic heterocycles. The van der Waals surface area contributed by atoms with Crippen molar-refractivity contribution >= 4 is 27.6 Å². The lowest BCUT2D eigenvalue weighted by Gasteiger charge is -2.34. The van der Waals surface area contributed by atoms with E-state index in [4.69, 9.17) is 4.74 Å². The second-order valence-corrected chi connectivity index (χ2v) is 12.5. The molecule has 1 amide bonds. The molecule has 0 saturated carbocycles. The molecule has 10 nitrogen and oxygen atoms in total. The smallest absolute Gasteiger partial charge is 0.335 e. The Morgan fingerprint density at radius 2 is 1.81 bits per heavy atom. The Balaban J connectivity index is 1.60. The molecule has 1 aliphatic rings. The largest absolute Gasteiger partial charge is 0.488 e. The van der Waals surface area contributed by atoms with Gasteiger partial charge in [-0.15, -0.1) is 0 Å². The molecule has 3 aromatic carbocycles. The summed E-state index contributed by atoms with van der Waals surface area (Å²) < 4.78 is 35.0. The van der Waals surface area contributed by atoms with Gasteiger partial charge in [0.25, 0.3) is 10.0 Å². The van der Waals surface area contributed by atoms with Crippen LogP contribution in [0.2, 0.25) is 0 Å². The van der Waals surface area contributed by atoms with Crippen LogP contribution in [-0.4, -0.2) is 79.2 Å². The minimum Gasteiger partial charge on any atom is -0.488 e. The summed E-state index contributed by atoms with van der Waals surface area (Å²) in [5, 5.41) is 19.1. The maximum absolute atomic E-state index is 13.5. The molecule has 42 heavy (non-hydrogen) atoms. The Bertz CT molecular complexity index is 1500. The van der Waals surface area contributed by atoms with E-state index in [-0.39, 0.29) is 41.4 Å². The number of likely N-dealkylation sites (N-methyl/N-ethyl adjacent to an activating group) is 1. The number of carboxylic acid groups (broad SMARTS) is 1. The van der Waals surface area contributed by atoms with Gasteiger partial charge in [0.05, 0.1) is 29.5 Å². The molecule has 0 aliphatic carbocycles. The van der Waals surface area contributed by atoms with Crippen molar-refractivity contribution in [1.29, 1.82) is 0 Å². The van der Waals surface area contributed by atoms with Crippen LogP contribution in [0.25, 0.3) is 0 Å². The number of nitrogens with zero attached hydrogens (tertiary/aromatic N) is 2. The van der Waals surface area contributed by atoms with Crippen LogP contribution in [0.1, 0.15) is 35.3 Å². The predicted molar refractivity (Wildman–Crippen MR) is 159 cm³/mol. The van der Waals surface area contributed by atoms with E-state index < -0.39 is 22.0 Å². The number of carbonyl (C=O) groups excluding carboxylic acids is 1. The molecule has 1 heterocycles. The van der Waals surface area contributed by atoms with Crippen LogP contribution in [-0.2, 0) is 27.8 Å². The number of hydrogen-bond donors (Lipinski definition) is 3. The van der Waals surface area contributed by atoms with Crippen molar-refractivity contribution in [1.82, 2.24) is 9.80 Å². The number of anilines is 1. The van der Waals surface area contributed by atoms with Crippen LogP contribution in [0, 0.1) is 5.92 Å². The Hall–Kier alpha value is -3.93. The third kappa shape index (κ3) is 7.67. The second kappa shape index (κ2) is 13.4. The predicted octanol–water partition coefficient (Wildman–Crippen LogP) is 3.47. The summed E-state index contributed by atoms with van der Waals surface area (Å²) in [6, 6.07) is 19.3. The highest BCUT2D eigenvalue weighted by Gasteiger charge is 2.31. The van der Waals surface area contributed by atoms with Crippen molar-refractivity contribution in [2.24, 2.45) is 5.92 Å². The molecule has 4 rings (SSSR count). The van der Waals surface area contributed by atoms with Gasteiger partial charge in [-0.05, 0) is 62.0 Å². The van der Waals surface area contributed by atoms with E-state index in [1.807, 2.05) is 14.0 Å². The van der Waals surface area contributed by atoms with E-state index in [1.165, 1.54) is 12.1 Å². The maximum Gasteiger partial charge on any atom is 0.335 e. The number of carbonyl (C=O) groups is 2. The SMILES string of the molecule is C[C@H](CO)N1C[C@H](C)[C@H](CN(C)Cc2ccc(C(=O)O)cc2)Oc2ccc(NS(=O)(=O)c3ccccc3)cc2CC1=O. The molecule has 11 heteroatoms. The monoisotopic (exact) mass is 595 g/mol. The molecule has 0 unspecified atom stereocenters. The number of carboxylic acids is 1. The first-order valence-corrected chi connectivity index (χ1v) is 15.2. The van der Waals surface area contributed by atoms with Gasteiger partial charge in [0, 0.05) is 36.8 Å². The number of amides is 1. The first kappa shape index (κ1) is 31.0. The van der Waals surface area contributed by atoms with Crippen molar-refractivity contribution in [2.75, 3.05) is 31.5 Å². The van der Waals surface area contributed by atoms with Crippen molar-refractivity contribution in [3.8, 4) is 5.75 Å². The second-order valence-electron chi connectivity index (χ2n) is 10.8. The van der Waals surface area contributed by atoms with E-state index in [2.05, 4.69) is 9.62 Å². The zero-order valence-corrected chi connectivity index (χ0v) is 24.8. The number of sulfonamides is 1. The molecule has 3 aromatic rings. The van der Waals surface area contributed by atoms with Gasteiger partial charge in [0.2, 0.25) is 5.91 Å². The third-order valence-corrected chi connectivity index (χ3v) is 8.76. The zero-order chi connectivity index (χ0) is 30.4. The lowest BCUT2D eigenvalue weighted by Crippen LogP contribution is -2.47. The number of nitrogens with one attached hydrogen (secondary N) is 1. The van der Waals surface area contributed by atoms with Crippen molar-refractivity contribution in [2.45, 2.75) is 43.9 Å². The average molecular weight is 596 g/mol. The van der Waals surface area contributed by atoms with E-state index in [9.17, 15) is 28.2 Å². The number of fused-ring (bicyclic) bond motifs is 1. The minimum atomic E-state index is -3.84. The molecule has 0 spiro atoms. The topological polar surface area (TPSA) is 136 Å². The summed E-state index contributed by atoms with van der Waals surface area (Å²) in [6.45, 7) is 5.01. The first-order chi connectivity index (χ1) is 20.0. The fourth-order valence-electron chi connectivity index (χ4n) is 4.96. The number of aliphatic hydroxyl groups is 1. The zero-order valence-electron chi connectivity index (χ0n) is 23.9. The molecule has 3 atom stereocenters. The molecule has 1 aliphatic heterocycles. The molecule has 224 valence electrons.